The van der Waals surface area contributed by atoms with Gasteiger partial charge in [-0.05, 0) is 36.8 Å². The first kappa shape index (κ1) is 17.0. The van der Waals surface area contributed by atoms with Crippen LogP contribution in [0.1, 0.15) is 29.4 Å². The van der Waals surface area contributed by atoms with Gasteiger partial charge in [0.15, 0.2) is 11.6 Å². The minimum atomic E-state index is -1.08. The van der Waals surface area contributed by atoms with Crippen LogP contribution >= 0.6 is 0 Å². The third kappa shape index (κ3) is 4.10. The summed E-state index contributed by atoms with van der Waals surface area (Å²) in [6.45, 7) is 1.79. The van der Waals surface area contributed by atoms with Gasteiger partial charge in [-0.3, -0.25) is 9.78 Å². The lowest BCUT2D eigenvalue weighted by Gasteiger charge is -2.30. The number of aliphatic hydroxyl groups excluding tert-OH is 1. The summed E-state index contributed by atoms with van der Waals surface area (Å²) in [6.07, 6.45) is 2.13. The van der Waals surface area contributed by atoms with Crippen molar-refractivity contribution in [2.24, 2.45) is 0 Å². The molecule has 1 amide bonds. The van der Waals surface area contributed by atoms with Gasteiger partial charge in [0.2, 0.25) is 0 Å². The van der Waals surface area contributed by atoms with Gasteiger partial charge in [-0.2, -0.15) is 0 Å². The number of rotatable bonds is 6. The zero-order valence-corrected chi connectivity index (χ0v) is 12.7. The first-order valence-electron chi connectivity index (χ1n) is 7.33. The standard InChI is InChI=1S/C17H18F2N2O2/c1-2-14(11-22)21(10-13-5-3-4-8-20-13)17(23)12-6-7-15(18)16(19)9-12/h3-9,14,22H,2,10-11H2,1H3. The third-order valence-electron chi connectivity index (χ3n) is 3.61. The molecule has 0 aliphatic heterocycles. The molecule has 1 heterocycles. The van der Waals surface area contributed by atoms with Gasteiger partial charge in [0.25, 0.3) is 5.91 Å². The second-order valence-electron chi connectivity index (χ2n) is 5.13. The van der Waals surface area contributed by atoms with E-state index in [0.29, 0.717) is 12.1 Å². The maximum Gasteiger partial charge on any atom is 0.254 e. The van der Waals surface area contributed by atoms with Crippen LogP contribution in [0.2, 0.25) is 0 Å². The highest BCUT2D eigenvalue weighted by molar-refractivity contribution is 5.94. The van der Waals surface area contributed by atoms with Crippen LogP contribution in [0.25, 0.3) is 0 Å². The van der Waals surface area contributed by atoms with Gasteiger partial charge in [0.05, 0.1) is 24.9 Å². The van der Waals surface area contributed by atoms with Crippen LogP contribution in [0, 0.1) is 11.6 Å². The molecule has 0 aliphatic carbocycles. The SMILES string of the molecule is CCC(CO)N(Cc1ccccn1)C(=O)c1ccc(F)c(F)c1. The van der Waals surface area contributed by atoms with Crippen molar-refractivity contribution in [3.05, 3.63) is 65.5 Å². The molecule has 1 aromatic heterocycles. The smallest absolute Gasteiger partial charge is 0.254 e. The zero-order chi connectivity index (χ0) is 16.8. The summed E-state index contributed by atoms with van der Waals surface area (Å²) in [5.41, 5.74) is 0.682. The van der Waals surface area contributed by atoms with Crippen LogP contribution in [0.15, 0.2) is 42.6 Å². The highest BCUT2D eigenvalue weighted by Crippen LogP contribution is 2.16. The van der Waals surface area contributed by atoms with Gasteiger partial charge in [0.1, 0.15) is 0 Å². The van der Waals surface area contributed by atoms with Crippen molar-refractivity contribution >= 4 is 5.91 Å². The van der Waals surface area contributed by atoms with Crippen molar-refractivity contribution in [1.82, 2.24) is 9.88 Å². The Morgan fingerprint density at radius 1 is 1.26 bits per heavy atom. The van der Waals surface area contributed by atoms with E-state index in [1.807, 2.05) is 6.92 Å². The number of pyridine rings is 1. The average molecular weight is 320 g/mol. The summed E-state index contributed by atoms with van der Waals surface area (Å²) in [5, 5.41) is 9.52. The number of aromatic nitrogens is 1. The number of hydrogen-bond donors (Lipinski definition) is 1. The van der Waals surface area contributed by atoms with E-state index < -0.39 is 23.6 Å². The molecule has 4 nitrogen and oxygen atoms in total. The molecule has 0 aliphatic rings. The molecule has 0 saturated carbocycles. The van der Waals surface area contributed by atoms with E-state index in [9.17, 15) is 18.7 Å². The Kier molecular flexibility index (Phi) is 5.76. The van der Waals surface area contributed by atoms with Gasteiger partial charge >= 0.3 is 0 Å². The minimum Gasteiger partial charge on any atom is -0.394 e. The van der Waals surface area contributed by atoms with Crippen molar-refractivity contribution in [2.45, 2.75) is 25.9 Å². The monoisotopic (exact) mass is 320 g/mol. The first-order chi connectivity index (χ1) is 11.1. The molecule has 122 valence electrons. The molecule has 1 atom stereocenters. The lowest BCUT2D eigenvalue weighted by Crippen LogP contribution is -2.42. The second kappa shape index (κ2) is 7.78. The first-order valence-corrected chi connectivity index (χ1v) is 7.33. The van der Waals surface area contributed by atoms with Crippen LogP contribution in [0.4, 0.5) is 8.78 Å². The van der Waals surface area contributed by atoms with Crippen LogP contribution in [0.3, 0.4) is 0 Å². The predicted molar refractivity (Wildman–Crippen MR) is 81.6 cm³/mol. The number of benzene rings is 1. The van der Waals surface area contributed by atoms with Crippen LogP contribution in [-0.4, -0.2) is 33.5 Å². The van der Waals surface area contributed by atoms with E-state index in [0.717, 1.165) is 12.1 Å². The highest BCUT2D eigenvalue weighted by Gasteiger charge is 2.24. The molecule has 0 radical (unpaired) electrons. The minimum absolute atomic E-state index is 0.0340. The molecule has 0 fully saturated rings. The van der Waals surface area contributed by atoms with Crippen LogP contribution in [0.5, 0.6) is 0 Å². The second-order valence-corrected chi connectivity index (χ2v) is 5.13. The van der Waals surface area contributed by atoms with E-state index in [1.165, 1.54) is 11.0 Å². The van der Waals surface area contributed by atoms with Gasteiger partial charge in [-0.1, -0.05) is 13.0 Å². The summed E-state index contributed by atoms with van der Waals surface area (Å²) in [7, 11) is 0. The van der Waals surface area contributed by atoms with Gasteiger partial charge in [0, 0.05) is 11.8 Å². The van der Waals surface area contributed by atoms with E-state index in [2.05, 4.69) is 4.98 Å². The fraction of sp³-hybridized carbons (Fsp3) is 0.294. The molecule has 6 heteroatoms. The summed E-state index contributed by atoms with van der Waals surface area (Å²) in [5.74, 6) is -2.56. The summed E-state index contributed by atoms with van der Waals surface area (Å²) in [6, 6.07) is 7.90. The number of aliphatic hydroxyl groups is 1. The number of amides is 1. The highest BCUT2D eigenvalue weighted by atomic mass is 19.2. The Labute approximate surface area is 133 Å². The van der Waals surface area contributed by atoms with Gasteiger partial charge in [-0.15, -0.1) is 0 Å². The van der Waals surface area contributed by atoms with E-state index in [4.69, 9.17) is 0 Å². The third-order valence-corrected chi connectivity index (χ3v) is 3.61. The predicted octanol–water partition coefficient (Wildman–Crippen LogP) is 2.77. The summed E-state index contributed by atoms with van der Waals surface area (Å²) in [4.78, 5) is 18.3. The van der Waals surface area contributed by atoms with Crippen molar-refractivity contribution in [3.63, 3.8) is 0 Å². The quantitative estimate of drug-likeness (QED) is 0.890. The Morgan fingerprint density at radius 3 is 2.61 bits per heavy atom. The zero-order valence-electron chi connectivity index (χ0n) is 12.7. The molecule has 1 N–H and O–H groups in total. The maximum absolute atomic E-state index is 13.4. The summed E-state index contributed by atoms with van der Waals surface area (Å²) < 4.78 is 26.4. The molecule has 1 unspecified atom stereocenters. The van der Waals surface area contributed by atoms with Crippen molar-refractivity contribution in [2.75, 3.05) is 6.61 Å². The van der Waals surface area contributed by atoms with Crippen molar-refractivity contribution in [3.8, 4) is 0 Å². The molecule has 1 aromatic carbocycles. The number of carbonyl (C=O) groups excluding carboxylic acids is 1. The number of nitrogens with zero attached hydrogens (tertiary/aromatic N) is 2. The molecular weight excluding hydrogens is 302 g/mol. The lowest BCUT2D eigenvalue weighted by molar-refractivity contribution is 0.0560. The molecule has 2 rings (SSSR count). The van der Waals surface area contributed by atoms with E-state index in [1.54, 1.807) is 24.4 Å². The molecular formula is C17H18F2N2O2. The van der Waals surface area contributed by atoms with Crippen molar-refractivity contribution in [1.29, 1.82) is 0 Å². The largest absolute Gasteiger partial charge is 0.394 e. The van der Waals surface area contributed by atoms with Gasteiger partial charge < -0.3 is 10.0 Å². The molecule has 0 saturated heterocycles. The fourth-order valence-electron chi connectivity index (χ4n) is 2.28. The topological polar surface area (TPSA) is 53.4 Å². The van der Waals surface area contributed by atoms with Crippen molar-refractivity contribution < 1.29 is 18.7 Å². The lowest BCUT2D eigenvalue weighted by atomic mass is 10.1. The van der Waals surface area contributed by atoms with Crippen LogP contribution in [-0.2, 0) is 6.54 Å². The average Bonchev–Trinajstić information content (AvgIpc) is 2.58. The van der Waals surface area contributed by atoms with Crippen LogP contribution < -0.4 is 0 Å². The molecule has 0 bridgehead atoms. The Bertz CT molecular complexity index is 661. The fourth-order valence-corrected chi connectivity index (χ4v) is 2.28. The number of carbonyl (C=O) groups is 1. The summed E-state index contributed by atoms with van der Waals surface area (Å²) >= 11 is 0. The molecule has 0 spiro atoms. The molecule has 23 heavy (non-hydrogen) atoms. The molecule has 2 aromatic rings. The normalized spacial score (nSPS) is 12.0. The Morgan fingerprint density at radius 2 is 2.04 bits per heavy atom. The van der Waals surface area contributed by atoms with E-state index in [-0.39, 0.29) is 18.7 Å². The Hall–Kier alpha value is -2.34. The number of halogens is 2. The number of hydrogen-bond acceptors (Lipinski definition) is 3. The van der Waals surface area contributed by atoms with Gasteiger partial charge in [-0.25, -0.2) is 8.78 Å². The van der Waals surface area contributed by atoms with E-state index >= 15 is 0 Å². The Balaban J connectivity index is 2.31. The maximum atomic E-state index is 13.4.